The Labute approximate surface area is 133 Å². The van der Waals surface area contributed by atoms with Gasteiger partial charge >= 0.3 is 0 Å². The molecular formula is C14H6BrCl2NO2. The molecule has 0 atom stereocenters. The number of fused-ring (bicyclic) bond motifs is 1. The first-order chi connectivity index (χ1) is 9.50. The lowest BCUT2D eigenvalue weighted by molar-refractivity contribution is -0.355. The van der Waals surface area contributed by atoms with Gasteiger partial charge < -0.3 is 5.21 Å². The van der Waals surface area contributed by atoms with Crippen molar-refractivity contribution in [2.45, 2.75) is 0 Å². The number of Topliss-reactive ketones (excluding diaryl/α,β-unsaturated/α-hetero) is 1. The fourth-order valence-corrected chi connectivity index (χ4v) is 2.91. The molecule has 0 saturated heterocycles. The first-order valence-electron chi connectivity index (χ1n) is 5.63. The highest BCUT2D eigenvalue weighted by Crippen LogP contribution is 2.36. The monoisotopic (exact) mass is 369 g/mol. The zero-order valence-corrected chi connectivity index (χ0v) is 13.0. The van der Waals surface area contributed by atoms with Crippen LogP contribution in [-0.4, -0.2) is 16.2 Å². The lowest BCUT2D eigenvalue weighted by Crippen LogP contribution is -2.17. The summed E-state index contributed by atoms with van der Waals surface area (Å²) in [5.41, 5.74) is 1.08. The molecule has 2 aromatic carbocycles. The number of rotatable bonds is 1. The summed E-state index contributed by atoms with van der Waals surface area (Å²) in [6, 6.07) is 9.88. The molecule has 0 saturated carbocycles. The Morgan fingerprint density at radius 1 is 1.05 bits per heavy atom. The second-order valence-corrected chi connectivity index (χ2v) is 5.90. The molecule has 0 fully saturated rings. The van der Waals surface area contributed by atoms with Crippen molar-refractivity contribution < 1.29 is 9.53 Å². The van der Waals surface area contributed by atoms with E-state index in [9.17, 15) is 10.0 Å². The summed E-state index contributed by atoms with van der Waals surface area (Å²) in [6.07, 6.45) is 0. The quantitative estimate of drug-likeness (QED) is 0.544. The van der Waals surface area contributed by atoms with E-state index < -0.39 is 0 Å². The molecule has 1 aliphatic heterocycles. The largest absolute Gasteiger partial charge is 0.618 e. The number of hydrogen-bond donors (Lipinski definition) is 0. The number of carbonyl (C=O) groups is 1. The van der Waals surface area contributed by atoms with E-state index in [1.165, 1.54) is 12.1 Å². The molecule has 1 aliphatic rings. The van der Waals surface area contributed by atoms with Gasteiger partial charge in [-0.05, 0) is 34.1 Å². The van der Waals surface area contributed by atoms with Crippen LogP contribution in [0, 0.1) is 5.21 Å². The maximum Gasteiger partial charge on any atom is 0.274 e. The Bertz CT molecular complexity index is 787. The Morgan fingerprint density at radius 3 is 2.40 bits per heavy atom. The van der Waals surface area contributed by atoms with Gasteiger partial charge in [0.1, 0.15) is 5.56 Å². The molecule has 1 heterocycles. The predicted molar refractivity (Wildman–Crippen MR) is 82.3 cm³/mol. The molecule has 2 aromatic rings. The summed E-state index contributed by atoms with van der Waals surface area (Å²) in [4.78, 5) is 12.4. The van der Waals surface area contributed by atoms with Crippen molar-refractivity contribution in [3.8, 4) is 0 Å². The van der Waals surface area contributed by atoms with Crippen molar-refractivity contribution in [1.82, 2.24) is 0 Å². The second-order valence-electron chi connectivity index (χ2n) is 4.24. The van der Waals surface area contributed by atoms with E-state index in [1.54, 1.807) is 18.2 Å². The van der Waals surface area contributed by atoms with Gasteiger partial charge in [0.05, 0.1) is 15.6 Å². The maximum atomic E-state index is 12.4. The van der Waals surface area contributed by atoms with E-state index in [-0.39, 0.29) is 32.8 Å². The molecule has 0 bridgehead atoms. The van der Waals surface area contributed by atoms with E-state index in [1.807, 2.05) is 6.07 Å². The van der Waals surface area contributed by atoms with E-state index >= 15 is 0 Å². The number of halogens is 3. The molecule has 0 N–H and O–H groups in total. The van der Waals surface area contributed by atoms with Crippen molar-refractivity contribution in [2.75, 3.05) is 0 Å². The fourth-order valence-electron chi connectivity index (χ4n) is 2.11. The van der Waals surface area contributed by atoms with Crippen LogP contribution in [0.1, 0.15) is 15.9 Å². The highest BCUT2D eigenvalue weighted by atomic mass is 79.9. The molecule has 20 heavy (non-hydrogen) atoms. The van der Waals surface area contributed by atoms with Crippen molar-refractivity contribution in [3.05, 3.63) is 67.3 Å². The third-order valence-electron chi connectivity index (χ3n) is 3.05. The molecule has 0 amide bonds. The van der Waals surface area contributed by atoms with E-state index in [0.717, 1.165) is 0 Å². The van der Waals surface area contributed by atoms with Gasteiger partial charge in [0.2, 0.25) is 5.69 Å². The molecule has 0 unspecified atom stereocenters. The maximum absolute atomic E-state index is 12.4. The number of carbonyl (C=O) groups excluding carboxylic acids is 1. The Hall–Kier alpha value is -1.36. The first-order valence-corrected chi connectivity index (χ1v) is 7.18. The molecule has 0 radical (unpaired) electrons. The topological polar surface area (TPSA) is 43.1 Å². The van der Waals surface area contributed by atoms with Crippen molar-refractivity contribution in [1.29, 1.82) is 0 Å². The number of ketones is 1. The van der Waals surface area contributed by atoms with Crippen LogP contribution in [0.25, 0.3) is 0 Å². The average molecular weight is 371 g/mol. The molecule has 100 valence electrons. The van der Waals surface area contributed by atoms with E-state index in [2.05, 4.69) is 15.9 Å². The van der Waals surface area contributed by atoms with Crippen LogP contribution >= 0.6 is 39.1 Å². The average Bonchev–Trinajstić information content (AvgIpc) is 2.64. The number of hydrogen-bond acceptors (Lipinski definition) is 2. The van der Waals surface area contributed by atoms with Crippen LogP contribution in [0.3, 0.4) is 0 Å². The molecular weight excluding hydrogens is 365 g/mol. The predicted octanol–water partition coefficient (Wildman–Crippen LogP) is 4.58. The van der Waals surface area contributed by atoms with Gasteiger partial charge in [0.25, 0.3) is 11.5 Å². The first kappa shape index (κ1) is 13.6. The Balaban J connectivity index is 2.25. The van der Waals surface area contributed by atoms with E-state index in [0.29, 0.717) is 14.8 Å². The van der Waals surface area contributed by atoms with E-state index in [4.69, 9.17) is 23.2 Å². The van der Waals surface area contributed by atoms with Crippen molar-refractivity contribution in [2.24, 2.45) is 0 Å². The minimum atomic E-state index is -0.361. The van der Waals surface area contributed by atoms with Crippen LogP contribution in [0.5, 0.6) is 0 Å². The summed E-state index contributed by atoms with van der Waals surface area (Å²) in [7, 11) is 0. The molecule has 0 spiro atoms. The molecule has 3 rings (SSSR count). The van der Waals surface area contributed by atoms with Crippen LogP contribution in [-0.2, 0) is 0 Å². The van der Waals surface area contributed by atoms with Crippen LogP contribution in [0.15, 0.2) is 40.9 Å². The fraction of sp³-hybridized carbons (Fsp3) is 0. The molecule has 0 aliphatic carbocycles. The minimum absolute atomic E-state index is 0.0609. The van der Waals surface area contributed by atoms with Gasteiger partial charge in [-0.2, -0.15) is 4.74 Å². The smallest absolute Gasteiger partial charge is 0.274 e. The normalized spacial score (nSPS) is 13.8. The van der Waals surface area contributed by atoms with Crippen LogP contribution in [0.2, 0.25) is 10.0 Å². The summed E-state index contributed by atoms with van der Waals surface area (Å²) in [5, 5.41) is 12.9. The zero-order chi connectivity index (χ0) is 14.4. The summed E-state index contributed by atoms with van der Waals surface area (Å²) < 4.78 is 1.27. The lowest BCUT2D eigenvalue weighted by Gasteiger charge is -2.03. The third-order valence-corrected chi connectivity index (χ3v) is 4.46. The van der Waals surface area contributed by atoms with Crippen LogP contribution in [0.4, 0.5) is 5.69 Å². The van der Waals surface area contributed by atoms with Crippen molar-refractivity contribution in [3.63, 3.8) is 0 Å². The van der Waals surface area contributed by atoms with Gasteiger partial charge in [-0.3, -0.25) is 4.79 Å². The highest BCUT2D eigenvalue weighted by Gasteiger charge is 2.38. The standard InChI is InChI=1S/C14H6BrCl2NO2/c15-9-4-2-1-3-7(9)13-14(19)8-5-10(16)11(17)6-12(8)18(13)20/h1-6H. The zero-order valence-electron chi connectivity index (χ0n) is 9.86. The molecule has 3 nitrogen and oxygen atoms in total. The van der Waals surface area contributed by atoms with Gasteiger partial charge in [-0.1, -0.05) is 35.3 Å². The Kier molecular flexibility index (Phi) is 3.32. The number of nitrogens with zero attached hydrogens (tertiary/aromatic N) is 1. The highest BCUT2D eigenvalue weighted by molar-refractivity contribution is 9.10. The lowest BCUT2D eigenvalue weighted by atomic mass is 10.0. The minimum Gasteiger partial charge on any atom is -0.618 e. The molecule has 0 aromatic heterocycles. The summed E-state index contributed by atoms with van der Waals surface area (Å²) in [5.74, 6) is -0.361. The summed E-state index contributed by atoms with van der Waals surface area (Å²) >= 11 is 15.2. The van der Waals surface area contributed by atoms with Gasteiger partial charge in [0.15, 0.2) is 0 Å². The van der Waals surface area contributed by atoms with Gasteiger partial charge in [0, 0.05) is 10.5 Å². The summed E-state index contributed by atoms with van der Waals surface area (Å²) in [6.45, 7) is 0. The Morgan fingerprint density at radius 2 is 1.70 bits per heavy atom. The second kappa shape index (κ2) is 4.88. The molecule has 6 heteroatoms. The van der Waals surface area contributed by atoms with Gasteiger partial charge in [-0.15, -0.1) is 0 Å². The van der Waals surface area contributed by atoms with Gasteiger partial charge in [-0.25, -0.2) is 0 Å². The SMILES string of the molecule is O=C1C(c2ccccc2Br)=[N+]([O-])c2cc(Cl)c(Cl)cc21. The van der Waals surface area contributed by atoms with Crippen LogP contribution < -0.4 is 0 Å². The number of benzene rings is 2. The third kappa shape index (κ3) is 1.95. The van der Waals surface area contributed by atoms with Crippen molar-refractivity contribution >= 4 is 56.3 Å².